The van der Waals surface area contributed by atoms with Crippen LogP contribution in [0, 0.1) is 6.92 Å². The van der Waals surface area contributed by atoms with Gasteiger partial charge >= 0.3 is 0 Å². The SMILES string of the molecule is CCC(CC)NC(=O)C(N)c1ccc(C)cc1.Cl. The van der Waals surface area contributed by atoms with Gasteiger partial charge in [-0.2, -0.15) is 0 Å². The molecule has 0 saturated carbocycles. The molecule has 0 aliphatic heterocycles. The number of carbonyl (C=O) groups is 1. The Balaban J connectivity index is 0.00000289. The molecule has 0 bridgehead atoms. The van der Waals surface area contributed by atoms with Gasteiger partial charge in [-0.3, -0.25) is 4.79 Å². The van der Waals surface area contributed by atoms with E-state index in [0.717, 1.165) is 18.4 Å². The van der Waals surface area contributed by atoms with Gasteiger partial charge in [-0.25, -0.2) is 0 Å². The first-order valence-corrected chi connectivity index (χ1v) is 6.21. The van der Waals surface area contributed by atoms with Crippen molar-refractivity contribution >= 4 is 18.3 Å². The van der Waals surface area contributed by atoms with Crippen LogP contribution >= 0.6 is 12.4 Å². The normalized spacial score (nSPS) is 11.8. The summed E-state index contributed by atoms with van der Waals surface area (Å²) in [5.41, 5.74) is 7.96. The highest BCUT2D eigenvalue weighted by atomic mass is 35.5. The Morgan fingerprint density at radius 1 is 1.22 bits per heavy atom. The average molecular weight is 271 g/mol. The topological polar surface area (TPSA) is 55.1 Å². The largest absolute Gasteiger partial charge is 0.352 e. The van der Waals surface area contributed by atoms with Crippen molar-refractivity contribution in [1.29, 1.82) is 0 Å². The van der Waals surface area contributed by atoms with E-state index in [4.69, 9.17) is 5.73 Å². The summed E-state index contributed by atoms with van der Waals surface area (Å²) in [6.07, 6.45) is 1.87. The minimum atomic E-state index is -0.573. The molecular formula is C14H23ClN2O. The summed E-state index contributed by atoms with van der Waals surface area (Å²) in [7, 11) is 0. The number of nitrogens with one attached hydrogen (secondary N) is 1. The molecule has 1 amide bonds. The molecule has 3 N–H and O–H groups in total. The van der Waals surface area contributed by atoms with Gasteiger partial charge in [0.05, 0.1) is 0 Å². The lowest BCUT2D eigenvalue weighted by Crippen LogP contribution is -2.40. The van der Waals surface area contributed by atoms with Crippen molar-refractivity contribution in [2.45, 2.75) is 45.7 Å². The fraction of sp³-hybridized carbons (Fsp3) is 0.500. The lowest BCUT2D eigenvalue weighted by atomic mass is 10.0. The predicted molar refractivity (Wildman–Crippen MR) is 77.9 cm³/mol. The fourth-order valence-electron chi connectivity index (χ4n) is 1.71. The molecule has 0 saturated heterocycles. The van der Waals surface area contributed by atoms with E-state index in [-0.39, 0.29) is 24.4 Å². The van der Waals surface area contributed by atoms with Crippen LogP contribution in [0.25, 0.3) is 0 Å². The van der Waals surface area contributed by atoms with Gasteiger partial charge in [-0.15, -0.1) is 12.4 Å². The van der Waals surface area contributed by atoms with E-state index in [1.807, 2.05) is 31.2 Å². The molecule has 1 atom stereocenters. The Bertz CT molecular complexity index is 361. The number of rotatable bonds is 5. The molecule has 1 aromatic rings. The van der Waals surface area contributed by atoms with Crippen molar-refractivity contribution in [2.24, 2.45) is 5.73 Å². The van der Waals surface area contributed by atoms with Gasteiger partial charge in [0.15, 0.2) is 0 Å². The first kappa shape index (κ1) is 16.9. The van der Waals surface area contributed by atoms with Crippen molar-refractivity contribution < 1.29 is 4.79 Å². The van der Waals surface area contributed by atoms with Crippen LogP contribution in [0.5, 0.6) is 0 Å². The average Bonchev–Trinajstić information content (AvgIpc) is 2.35. The summed E-state index contributed by atoms with van der Waals surface area (Å²) in [4.78, 5) is 11.9. The molecule has 1 unspecified atom stereocenters. The third kappa shape index (κ3) is 4.67. The van der Waals surface area contributed by atoms with E-state index >= 15 is 0 Å². The molecule has 1 aromatic carbocycles. The summed E-state index contributed by atoms with van der Waals surface area (Å²) in [5.74, 6) is -0.0949. The third-order valence-corrected chi connectivity index (χ3v) is 3.05. The molecule has 18 heavy (non-hydrogen) atoms. The number of amides is 1. The van der Waals surface area contributed by atoms with Crippen molar-refractivity contribution in [3.8, 4) is 0 Å². The van der Waals surface area contributed by atoms with Crippen LogP contribution in [-0.2, 0) is 4.79 Å². The second kappa shape index (κ2) is 8.11. The molecule has 0 aromatic heterocycles. The Morgan fingerprint density at radius 2 is 1.72 bits per heavy atom. The van der Waals surface area contributed by atoms with Crippen molar-refractivity contribution in [1.82, 2.24) is 5.32 Å². The number of halogens is 1. The van der Waals surface area contributed by atoms with E-state index in [1.54, 1.807) is 0 Å². The van der Waals surface area contributed by atoms with Crippen LogP contribution < -0.4 is 11.1 Å². The number of hydrogen-bond donors (Lipinski definition) is 2. The Morgan fingerprint density at radius 3 is 2.17 bits per heavy atom. The number of carbonyl (C=O) groups excluding carboxylic acids is 1. The van der Waals surface area contributed by atoms with E-state index < -0.39 is 6.04 Å². The van der Waals surface area contributed by atoms with Gasteiger partial charge in [-0.05, 0) is 25.3 Å². The Labute approximate surface area is 116 Å². The smallest absolute Gasteiger partial charge is 0.241 e. The third-order valence-electron chi connectivity index (χ3n) is 3.05. The van der Waals surface area contributed by atoms with Crippen LogP contribution in [0.3, 0.4) is 0 Å². The van der Waals surface area contributed by atoms with Crippen molar-refractivity contribution in [2.75, 3.05) is 0 Å². The number of nitrogens with two attached hydrogens (primary N) is 1. The molecule has 0 radical (unpaired) electrons. The van der Waals surface area contributed by atoms with E-state index in [9.17, 15) is 4.79 Å². The standard InChI is InChI=1S/C14H22N2O.ClH/c1-4-12(5-2)16-14(17)13(15)11-8-6-10(3)7-9-11;/h6-9,12-13H,4-5,15H2,1-3H3,(H,16,17);1H. The monoisotopic (exact) mass is 270 g/mol. The molecule has 102 valence electrons. The number of aryl methyl sites for hydroxylation is 1. The quantitative estimate of drug-likeness (QED) is 0.864. The summed E-state index contributed by atoms with van der Waals surface area (Å²) >= 11 is 0. The van der Waals surface area contributed by atoms with Gasteiger partial charge in [-0.1, -0.05) is 43.7 Å². The van der Waals surface area contributed by atoms with Crippen LogP contribution in [0.2, 0.25) is 0 Å². The van der Waals surface area contributed by atoms with Gasteiger partial charge in [0, 0.05) is 6.04 Å². The lowest BCUT2D eigenvalue weighted by molar-refractivity contribution is -0.123. The summed E-state index contributed by atoms with van der Waals surface area (Å²) in [6, 6.07) is 7.41. The van der Waals surface area contributed by atoms with Crippen LogP contribution in [0.4, 0.5) is 0 Å². The van der Waals surface area contributed by atoms with Gasteiger partial charge in [0.1, 0.15) is 6.04 Å². The maximum Gasteiger partial charge on any atom is 0.241 e. The zero-order chi connectivity index (χ0) is 12.8. The van der Waals surface area contributed by atoms with Crippen molar-refractivity contribution in [3.63, 3.8) is 0 Å². The molecule has 0 heterocycles. The Hall–Kier alpha value is -1.06. The summed E-state index contributed by atoms with van der Waals surface area (Å²) in [6.45, 7) is 6.14. The molecule has 1 rings (SSSR count). The van der Waals surface area contributed by atoms with Crippen LogP contribution in [0.1, 0.15) is 43.9 Å². The molecule has 3 nitrogen and oxygen atoms in total. The van der Waals surface area contributed by atoms with E-state index in [0.29, 0.717) is 0 Å². The van der Waals surface area contributed by atoms with Crippen molar-refractivity contribution in [3.05, 3.63) is 35.4 Å². The molecular weight excluding hydrogens is 248 g/mol. The molecule has 4 heteroatoms. The van der Waals surface area contributed by atoms with E-state index in [1.165, 1.54) is 5.56 Å². The minimum absolute atomic E-state index is 0. The maximum absolute atomic E-state index is 11.9. The first-order chi connectivity index (χ1) is 8.08. The first-order valence-electron chi connectivity index (χ1n) is 6.21. The highest BCUT2D eigenvalue weighted by Gasteiger charge is 2.17. The van der Waals surface area contributed by atoms with Gasteiger partial charge in [0.25, 0.3) is 0 Å². The fourth-order valence-corrected chi connectivity index (χ4v) is 1.71. The molecule has 0 spiro atoms. The van der Waals surface area contributed by atoms with Gasteiger partial charge in [0.2, 0.25) is 5.91 Å². The molecule has 0 aliphatic carbocycles. The van der Waals surface area contributed by atoms with E-state index in [2.05, 4.69) is 19.2 Å². The second-order valence-corrected chi connectivity index (χ2v) is 4.41. The minimum Gasteiger partial charge on any atom is -0.352 e. The number of hydrogen-bond acceptors (Lipinski definition) is 2. The summed E-state index contributed by atoms with van der Waals surface area (Å²) < 4.78 is 0. The highest BCUT2D eigenvalue weighted by molar-refractivity contribution is 5.85. The zero-order valence-corrected chi connectivity index (χ0v) is 12.1. The second-order valence-electron chi connectivity index (χ2n) is 4.41. The van der Waals surface area contributed by atoms with Crippen LogP contribution in [-0.4, -0.2) is 11.9 Å². The molecule has 0 aliphatic rings. The predicted octanol–water partition coefficient (Wildman–Crippen LogP) is 2.72. The van der Waals surface area contributed by atoms with Gasteiger partial charge < -0.3 is 11.1 Å². The highest BCUT2D eigenvalue weighted by Crippen LogP contribution is 2.12. The lowest BCUT2D eigenvalue weighted by Gasteiger charge is -2.18. The summed E-state index contributed by atoms with van der Waals surface area (Å²) in [5, 5.41) is 2.97. The number of benzene rings is 1. The maximum atomic E-state index is 11.9. The zero-order valence-electron chi connectivity index (χ0n) is 11.3. The Kier molecular flexibility index (Phi) is 7.64. The molecule has 0 fully saturated rings. The van der Waals surface area contributed by atoms with Crippen LogP contribution in [0.15, 0.2) is 24.3 Å².